The van der Waals surface area contributed by atoms with Crippen LogP contribution in [-0.4, -0.2) is 27.5 Å². The number of benzene rings is 1. The molecule has 0 aliphatic rings. The first-order valence-electron chi connectivity index (χ1n) is 7.80. The van der Waals surface area contributed by atoms with E-state index in [1.54, 1.807) is 12.1 Å². The van der Waals surface area contributed by atoms with E-state index in [1.807, 2.05) is 6.92 Å². The van der Waals surface area contributed by atoms with Crippen molar-refractivity contribution >= 4 is 12.2 Å². The van der Waals surface area contributed by atoms with Gasteiger partial charge in [-0.05, 0) is 36.4 Å². The number of aromatic nitrogens is 3. The van der Waals surface area contributed by atoms with Crippen LogP contribution in [0.25, 0.3) is 11.3 Å². The Balaban J connectivity index is 1.65. The van der Waals surface area contributed by atoms with Gasteiger partial charge in [0.1, 0.15) is 17.3 Å². The summed E-state index contributed by atoms with van der Waals surface area (Å²) in [5.41, 5.74) is 3.23. The quantitative estimate of drug-likeness (QED) is 0.387. The average molecular weight is 380 g/mol. The highest BCUT2D eigenvalue weighted by Gasteiger charge is 2.31. The second kappa shape index (κ2) is 7.40. The minimum Gasteiger partial charge on any atom is -0.455 e. The lowest BCUT2D eigenvalue weighted by atomic mass is 10.2. The number of hydrogen-bond donors (Lipinski definition) is 2. The molecule has 0 bridgehead atoms. The Morgan fingerprint density at radius 2 is 1.96 bits per heavy atom. The Hall–Kier alpha value is -3.50. The number of anilines is 1. The van der Waals surface area contributed by atoms with Gasteiger partial charge in [0.15, 0.2) is 5.82 Å². The van der Waals surface area contributed by atoms with Crippen LogP contribution in [0.1, 0.15) is 18.5 Å². The van der Waals surface area contributed by atoms with Crippen molar-refractivity contribution in [1.29, 1.82) is 0 Å². The lowest BCUT2D eigenvalue weighted by Crippen LogP contribution is -2.16. The second-order valence-corrected chi connectivity index (χ2v) is 5.31. The van der Waals surface area contributed by atoms with Gasteiger partial charge in [-0.15, -0.1) is 23.4 Å². The third kappa shape index (κ3) is 4.57. The maximum absolute atomic E-state index is 12.2. The number of hydrazone groups is 1. The molecule has 0 aliphatic heterocycles. The van der Waals surface area contributed by atoms with E-state index >= 15 is 0 Å². The van der Waals surface area contributed by atoms with E-state index in [0.29, 0.717) is 29.3 Å². The molecule has 3 N–H and O–H groups in total. The van der Waals surface area contributed by atoms with Gasteiger partial charge in [0.2, 0.25) is 0 Å². The average Bonchev–Trinajstić information content (AvgIpc) is 3.22. The molecule has 3 rings (SSSR count). The number of nitrogen functional groups attached to an aromatic ring is 1. The first kappa shape index (κ1) is 18.3. The summed E-state index contributed by atoms with van der Waals surface area (Å²) in [5.74, 6) is 7.23. The highest BCUT2D eigenvalue weighted by molar-refractivity contribution is 5.78. The van der Waals surface area contributed by atoms with Crippen LogP contribution >= 0.6 is 0 Å². The molecule has 3 aromatic rings. The Kier molecular flexibility index (Phi) is 5.01. The third-order valence-electron chi connectivity index (χ3n) is 3.44. The zero-order chi connectivity index (χ0) is 19.4. The van der Waals surface area contributed by atoms with Gasteiger partial charge < -0.3 is 15.0 Å². The SMILES string of the molecule is CCc1nnc(NN=Cc2ccc(-c3ccc(OC(F)(F)F)cc3)o2)n1N. The molecule has 0 unspecified atom stereocenters. The number of ether oxygens (including phenoxy) is 1. The van der Waals surface area contributed by atoms with Gasteiger partial charge >= 0.3 is 6.36 Å². The van der Waals surface area contributed by atoms with Gasteiger partial charge in [-0.2, -0.15) is 5.10 Å². The Labute approximate surface area is 151 Å². The van der Waals surface area contributed by atoms with Crippen molar-refractivity contribution < 1.29 is 22.3 Å². The summed E-state index contributed by atoms with van der Waals surface area (Å²) in [6.07, 6.45) is -2.69. The molecule has 0 fully saturated rings. The van der Waals surface area contributed by atoms with Gasteiger partial charge in [0, 0.05) is 12.0 Å². The van der Waals surface area contributed by atoms with Crippen molar-refractivity contribution in [3.8, 4) is 17.1 Å². The molecule has 2 aromatic heterocycles. The van der Waals surface area contributed by atoms with Crippen LogP contribution in [0.3, 0.4) is 0 Å². The van der Waals surface area contributed by atoms with E-state index in [1.165, 1.54) is 35.2 Å². The van der Waals surface area contributed by atoms with Crippen LogP contribution in [0.2, 0.25) is 0 Å². The summed E-state index contributed by atoms with van der Waals surface area (Å²) < 4.78 is 47.2. The summed E-state index contributed by atoms with van der Waals surface area (Å²) >= 11 is 0. The van der Waals surface area contributed by atoms with Gasteiger partial charge in [-0.1, -0.05) is 6.92 Å². The minimum absolute atomic E-state index is 0.273. The van der Waals surface area contributed by atoms with Crippen LogP contribution in [0.5, 0.6) is 5.75 Å². The fraction of sp³-hybridized carbons (Fsp3) is 0.188. The van der Waals surface area contributed by atoms with Crippen LogP contribution in [0.15, 0.2) is 45.9 Å². The van der Waals surface area contributed by atoms with Gasteiger partial charge in [-0.3, -0.25) is 0 Å². The van der Waals surface area contributed by atoms with Crippen molar-refractivity contribution in [3.63, 3.8) is 0 Å². The molecule has 2 heterocycles. The van der Waals surface area contributed by atoms with E-state index in [2.05, 4.69) is 25.5 Å². The number of hydrogen-bond acceptors (Lipinski definition) is 7. The van der Waals surface area contributed by atoms with Crippen molar-refractivity contribution in [2.24, 2.45) is 5.10 Å². The summed E-state index contributed by atoms with van der Waals surface area (Å²) in [6.45, 7) is 1.90. The van der Waals surface area contributed by atoms with Crippen molar-refractivity contribution in [1.82, 2.24) is 14.9 Å². The van der Waals surface area contributed by atoms with E-state index < -0.39 is 6.36 Å². The zero-order valence-electron chi connectivity index (χ0n) is 14.1. The number of nitrogens with one attached hydrogen (secondary N) is 1. The summed E-state index contributed by atoms with van der Waals surface area (Å²) in [5, 5.41) is 11.7. The molecular formula is C16H15F3N6O2. The largest absolute Gasteiger partial charge is 0.573 e. The van der Waals surface area contributed by atoms with E-state index in [4.69, 9.17) is 10.3 Å². The predicted molar refractivity (Wildman–Crippen MR) is 91.6 cm³/mol. The number of rotatable bonds is 6. The molecule has 0 saturated carbocycles. The first-order chi connectivity index (χ1) is 12.9. The van der Waals surface area contributed by atoms with E-state index in [-0.39, 0.29) is 11.7 Å². The van der Waals surface area contributed by atoms with Crippen molar-refractivity contribution in [2.45, 2.75) is 19.7 Å². The fourth-order valence-electron chi connectivity index (χ4n) is 2.19. The molecule has 0 saturated heterocycles. The monoisotopic (exact) mass is 380 g/mol. The molecule has 0 amide bonds. The molecular weight excluding hydrogens is 365 g/mol. The van der Waals surface area contributed by atoms with Crippen LogP contribution in [0.4, 0.5) is 19.1 Å². The fourth-order valence-corrected chi connectivity index (χ4v) is 2.19. The van der Waals surface area contributed by atoms with Gasteiger partial charge in [0.25, 0.3) is 5.95 Å². The lowest BCUT2D eigenvalue weighted by Gasteiger charge is -2.08. The standard InChI is InChI=1S/C16H15F3N6O2/c1-2-14-22-24-15(25(14)20)23-21-9-12-7-8-13(26-12)10-3-5-11(6-4-10)27-16(17,18)19/h3-9H,2,20H2,1H3,(H,23,24). The topological polar surface area (TPSA) is 103 Å². The molecule has 27 heavy (non-hydrogen) atoms. The molecule has 0 aliphatic carbocycles. The zero-order valence-corrected chi connectivity index (χ0v) is 14.1. The van der Waals surface area contributed by atoms with E-state index in [0.717, 1.165) is 0 Å². The van der Waals surface area contributed by atoms with E-state index in [9.17, 15) is 13.2 Å². The van der Waals surface area contributed by atoms with Crippen molar-refractivity contribution in [2.75, 3.05) is 11.3 Å². The number of nitrogens with zero attached hydrogens (tertiary/aromatic N) is 4. The van der Waals surface area contributed by atoms with Gasteiger partial charge in [-0.25, -0.2) is 10.1 Å². The summed E-state index contributed by atoms with van der Waals surface area (Å²) in [6, 6.07) is 8.66. The van der Waals surface area contributed by atoms with Crippen LogP contribution in [-0.2, 0) is 6.42 Å². The number of alkyl halides is 3. The second-order valence-electron chi connectivity index (χ2n) is 5.31. The highest BCUT2D eigenvalue weighted by atomic mass is 19.4. The maximum Gasteiger partial charge on any atom is 0.573 e. The summed E-state index contributed by atoms with van der Waals surface area (Å²) in [4.78, 5) is 0. The molecule has 0 radical (unpaired) electrons. The van der Waals surface area contributed by atoms with Crippen LogP contribution < -0.4 is 16.0 Å². The number of aryl methyl sites for hydroxylation is 1. The molecule has 1 aromatic carbocycles. The minimum atomic E-state index is -4.73. The molecule has 11 heteroatoms. The van der Waals surface area contributed by atoms with Crippen molar-refractivity contribution in [3.05, 3.63) is 48.0 Å². The Bertz CT molecular complexity index is 931. The molecule has 0 atom stereocenters. The number of halogens is 3. The molecule has 8 nitrogen and oxygen atoms in total. The third-order valence-corrected chi connectivity index (χ3v) is 3.44. The Morgan fingerprint density at radius 3 is 2.59 bits per heavy atom. The normalized spacial score (nSPS) is 11.9. The van der Waals surface area contributed by atoms with Gasteiger partial charge in [0.05, 0.1) is 6.21 Å². The maximum atomic E-state index is 12.2. The Morgan fingerprint density at radius 1 is 1.22 bits per heavy atom. The predicted octanol–water partition coefficient (Wildman–Crippen LogP) is 3.16. The first-order valence-corrected chi connectivity index (χ1v) is 7.80. The smallest absolute Gasteiger partial charge is 0.455 e. The number of furan rings is 1. The molecule has 0 spiro atoms. The highest BCUT2D eigenvalue weighted by Crippen LogP contribution is 2.27. The number of nitrogens with two attached hydrogens (primary N) is 1. The lowest BCUT2D eigenvalue weighted by molar-refractivity contribution is -0.274. The van der Waals surface area contributed by atoms with Crippen LogP contribution in [0, 0.1) is 0 Å². The molecule has 142 valence electrons. The summed E-state index contributed by atoms with van der Waals surface area (Å²) in [7, 11) is 0.